The van der Waals surface area contributed by atoms with Gasteiger partial charge in [-0.2, -0.15) is 8.42 Å². The Morgan fingerprint density at radius 1 is 1.06 bits per heavy atom. The third-order valence-electron chi connectivity index (χ3n) is 2.10. The van der Waals surface area contributed by atoms with E-state index in [0.717, 1.165) is 11.8 Å². The molecular formula is C11H16O5S. The third kappa shape index (κ3) is 5.06. The van der Waals surface area contributed by atoms with E-state index in [1.807, 2.05) is 12.1 Å². The summed E-state index contributed by atoms with van der Waals surface area (Å²) in [6.45, 7) is 0.106. The largest absolute Gasteiger partial charge is 0.497 e. The van der Waals surface area contributed by atoms with Gasteiger partial charge < -0.3 is 9.47 Å². The minimum atomic E-state index is -3.39. The van der Waals surface area contributed by atoms with Gasteiger partial charge in [-0.05, 0) is 24.1 Å². The Kier molecular flexibility index (Phi) is 4.77. The van der Waals surface area contributed by atoms with Crippen LogP contribution in [0, 0.1) is 0 Å². The summed E-state index contributed by atoms with van der Waals surface area (Å²) in [6, 6.07) is 5.38. The average Bonchev–Trinajstić information content (AvgIpc) is 2.26. The molecule has 0 amide bonds. The number of benzene rings is 1. The van der Waals surface area contributed by atoms with Crippen LogP contribution in [0.4, 0.5) is 0 Å². The number of hydrogen-bond donors (Lipinski definition) is 0. The van der Waals surface area contributed by atoms with E-state index in [1.54, 1.807) is 20.3 Å². The second kappa shape index (κ2) is 5.88. The van der Waals surface area contributed by atoms with Gasteiger partial charge in [0.25, 0.3) is 10.1 Å². The van der Waals surface area contributed by atoms with Crippen molar-refractivity contribution in [3.8, 4) is 11.5 Å². The summed E-state index contributed by atoms with van der Waals surface area (Å²) in [4.78, 5) is 0. The molecule has 0 aromatic heterocycles. The zero-order valence-corrected chi connectivity index (χ0v) is 10.9. The van der Waals surface area contributed by atoms with Gasteiger partial charge in [-0.25, -0.2) is 0 Å². The van der Waals surface area contributed by atoms with Crippen LogP contribution in [-0.2, 0) is 20.7 Å². The van der Waals surface area contributed by atoms with Crippen LogP contribution < -0.4 is 9.47 Å². The highest BCUT2D eigenvalue weighted by Crippen LogP contribution is 2.22. The minimum Gasteiger partial charge on any atom is -0.497 e. The summed E-state index contributed by atoms with van der Waals surface area (Å²) < 4.78 is 36.5. The maximum atomic E-state index is 10.8. The molecule has 0 bridgehead atoms. The molecule has 0 aliphatic carbocycles. The zero-order valence-electron chi connectivity index (χ0n) is 10.1. The fraction of sp³-hybridized carbons (Fsp3) is 0.455. The van der Waals surface area contributed by atoms with E-state index >= 15 is 0 Å². The van der Waals surface area contributed by atoms with E-state index in [0.29, 0.717) is 17.9 Å². The van der Waals surface area contributed by atoms with E-state index < -0.39 is 10.1 Å². The van der Waals surface area contributed by atoms with Crippen LogP contribution in [0.3, 0.4) is 0 Å². The number of methoxy groups -OCH3 is 2. The Labute approximate surface area is 101 Å². The highest BCUT2D eigenvalue weighted by molar-refractivity contribution is 7.85. The van der Waals surface area contributed by atoms with Crippen LogP contribution in [0.1, 0.15) is 5.56 Å². The van der Waals surface area contributed by atoms with E-state index in [9.17, 15) is 8.42 Å². The smallest absolute Gasteiger partial charge is 0.264 e. The highest BCUT2D eigenvalue weighted by atomic mass is 32.2. The molecule has 0 heterocycles. The standard InChI is InChI=1S/C11H16O5S/c1-14-10-6-9(7-11(8-10)15-2)4-5-16-17(3,12)13/h6-8H,4-5H2,1-3H3. The zero-order chi connectivity index (χ0) is 12.9. The first-order valence-corrected chi connectivity index (χ1v) is 6.82. The summed E-state index contributed by atoms with van der Waals surface area (Å²) in [7, 11) is -0.266. The maximum absolute atomic E-state index is 10.8. The molecule has 0 unspecified atom stereocenters. The van der Waals surface area contributed by atoms with Gasteiger partial charge in [-0.3, -0.25) is 4.18 Å². The Balaban J connectivity index is 2.70. The van der Waals surface area contributed by atoms with Crippen LogP contribution >= 0.6 is 0 Å². The van der Waals surface area contributed by atoms with E-state index in [-0.39, 0.29) is 6.61 Å². The SMILES string of the molecule is COc1cc(CCOS(C)(=O)=O)cc(OC)c1. The summed E-state index contributed by atoms with van der Waals surface area (Å²) in [5.41, 5.74) is 0.893. The number of rotatable bonds is 6. The van der Waals surface area contributed by atoms with Gasteiger partial charge in [0.15, 0.2) is 0 Å². The average molecular weight is 260 g/mol. The molecule has 5 nitrogen and oxygen atoms in total. The Morgan fingerprint density at radius 3 is 2.00 bits per heavy atom. The molecule has 0 atom stereocenters. The predicted molar refractivity (Wildman–Crippen MR) is 64.0 cm³/mol. The maximum Gasteiger partial charge on any atom is 0.264 e. The Bertz CT molecular complexity index is 445. The van der Waals surface area contributed by atoms with Crippen molar-refractivity contribution in [1.82, 2.24) is 0 Å². The Hall–Kier alpha value is -1.27. The van der Waals surface area contributed by atoms with Crippen molar-refractivity contribution in [1.29, 1.82) is 0 Å². The second-order valence-corrected chi connectivity index (χ2v) is 5.14. The first kappa shape index (κ1) is 13.8. The molecule has 1 aromatic rings. The summed E-state index contributed by atoms with van der Waals surface area (Å²) in [5, 5.41) is 0. The fourth-order valence-corrected chi connectivity index (χ4v) is 1.71. The molecule has 0 aliphatic heterocycles. The quantitative estimate of drug-likeness (QED) is 0.720. The summed E-state index contributed by atoms with van der Waals surface area (Å²) in [6.07, 6.45) is 1.50. The molecular weight excluding hydrogens is 244 g/mol. The molecule has 1 aromatic carbocycles. The van der Waals surface area contributed by atoms with Gasteiger partial charge in [0, 0.05) is 6.07 Å². The van der Waals surface area contributed by atoms with Gasteiger partial charge in [0.2, 0.25) is 0 Å². The van der Waals surface area contributed by atoms with Gasteiger partial charge in [0.05, 0.1) is 27.1 Å². The van der Waals surface area contributed by atoms with Gasteiger partial charge in [-0.15, -0.1) is 0 Å². The molecule has 0 radical (unpaired) electrons. The molecule has 17 heavy (non-hydrogen) atoms. The number of hydrogen-bond acceptors (Lipinski definition) is 5. The minimum absolute atomic E-state index is 0.106. The summed E-state index contributed by atoms with van der Waals surface area (Å²) >= 11 is 0. The highest BCUT2D eigenvalue weighted by Gasteiger charge is 2.05. The van der Waals surface area contributed by atoms with Crippen LogP contribution in [0.5, 0.6) is 11.5 Å². The molecule has 0 fully saturated rings. The lowest BCUT2D eigenvalue weighted by molar-refractivity contribution is 0.325. The second-order valence-electron chi connectivity index (χ2n) is 3.50. The fourth-order valence-electron chi connectivity index (χ4n) is 1.32. The molecule has 1 rings (SSSR count). The van der Waals surface area contributed by atoms with Gasteiger partial charge >= 0.3 is 0 Å². The van der Waals surface area contributed by atoms with E-state index in [4.69, 9.17) is 9.47 Å². The first-order chi connectivity index (χ1) is 7.94. The van der Waals surface area contributed by atoms with Crippen molar-refractivity contribution in [3.63, 3.8) is 0 Å². The molecule has 96 valence electrons. The lowest BCUT2D eigenvalue weighted by Gasteiger charge is -2.08. The molecule has 0 spiro atoms. The van der Waals surface area contributed by atoms with Crippen molar-refractivity contribution in [2.75, 3.05) is 27.1 Å². The lowest BCUT2D eigenvalue weighted by atomic mass is 10.1. The third-order valence-corrected chi connectivity index (χ3v) is 2.69. The predicted octanol–water partition coefficient (Wildman–Crippen LogP) is 1.22. The topological polar surface area (TPSA) is 61.8 Å². The van der Waals surface area contributed by atoms with E-state index in [2.05, 4.69) is 4.18 Å². The normalized spacial score (nSPS) is 11.2. The van der Waals surface area contributed by atoms with Crippen LogP contribution in [0.2, 0.25) is 0 Å². The number of ether oxygens (including phenoxy) is 2. The molecule has 0 saturated heterocycles. The molecule has 0 saturated carbocycles. The van der Waals surface area contributed by atoms with Crippen LogP contribution in [0.25, 0.3) is 0 Å². The monoisotopic (exact) mass is 260 g/mol. The van der Waals surface area contributed by atoms with Gasteiger partial charge in [0.1, 0.15) is 11.5 Å². The molecule has 0 aliphatic rings. The van der Waals surface area contributed by atoms with Crippen molar-refractivity contribution in [2.24, 2.45) is 0 Å². The molecule has 0 N–H and O–H groups in total. The van der Waals surface area contributed by atoms with Crippen LogP contribution in [0.15, 0.2) is 18.2 Å². The Morgan fingerprint density at radius 2 is 1.59 bits per heavy atom. The van der Waals surface area contributed by atoms with Gasteiger partial charge in [-0.1, -0.05) is 0 Å². The van der Waals surface area contributed by atoms with E-state index in [1.165, 1.54) is 0 Å². The van der Waals surface area contributed by atoms with Crippen LogP contribution in [-0.4, -0.2) is 35.5 Å². The first-order valence-electron chi connectivity index (χ1n) is 5.01. The van der Waals surface area contributed by atoms with Crippen molar-refractivity contribution in [3.05, 3.63) is 23.8 Å². The lowest BCUT2D eigenvalue weighted by Crippen LogP contribution is -2.06. The summed E-state index contributed by atoms with van der Waals surface area (Å²) in [5.74, 6) is 1.33. The molecule has 6 heteroatoms. The van der Waals surface area contributed by atoms with Crippen molar-refractivity contribution >= 4 is 10.1 Å². The van der Waals surface area contributed by atoms with Crippen molar-refractivity contribution in [2.45, 2.75) is 6.42 Å². The van der Waals surface area contributed by atoms with Crippen molar-refractivity contribution < 1.29 is 22.1 Å².